The molecule has 1 aliphatic heterocycles. The maximum Gasteiger partial charge on any atom is 0.410 e. The van der Waals surface area contributed by atoms with Gasteiger partial charge in [-0.2, -0.15) is 0 Å². The molecule has 0 saturated carbocycles. The van der Waals surface area contributed by atoms with E-state index in [-0.39, 0.29) is 12.0 Å². The zero-order chi connectivity index (χ0) is 24.3. The summed E-state index contributed by atoms with van der Waals surface area (Å²) < 4.78 is 11.3. The quantitative estimate of drug-likeness (QED) is 0.482. The van der Waals surface area contributed by atoms with Gasteiger partial charge in [0, 0.05) is 22.5 Å². The summed E-state index contributed by atoms with van der Waals surface area (Å²) in [5, 5.41) is 9.60. The minimum Gasteiger partial charge on any atom is -0.482 e. The molecular weight excluding hydrogens is 454 g/mol. The monoisotopic (exact) mass is 479 g/mol. The molecule has 0 spiro atoms. The van der Waals surface area contributed by atoms with Crippen LogP contribution in [-0.4, -0.2) is 35.2 Å². The van der Waals surface area contributed by atoms with Crippen molar-refractivity contribution in [3.8, 4) is 5.75 Å². The summed E-state index contributed by atoms with van der Waals surface area (Å²) in [6.45, 7) is 4.20. The van der Waals surface area contributed by atoms with Gasteiger partial charge in [0.05, 0.1) is 6.04 Å². The van der Waals surface area contributed by atoms with Crippen LogP contribution in [0.2, 0.25) is 5.02 Å². The van der Waals surface area contributed by atoms with Crippen molar-refractivity contribution in [2.45, 2.75) is 31.9 Å². The summed E-state index contributed by atoms with van der Waals surface area (Å²) in [7, 11) is 0. The lowest BCUT2D eigenvalue weighted by atomic mass is 9.74. The number of carboxylic acid groups (broad SMARTS) is 1. The third kappa shape index (κ3) is 5.02. The Morgan fingerprint density at radius 2 is 1.74 bits per heavy atom. The van der Waals surface area contributed by atoms with Crippen molar-refractivity contribution < 1.29 is 24.2 Å². The molecule has 3 aromatic rings. The minimum absolute atomic E-state index is 0.142. The number of carboxylic acids is 1. The number of amides is 1. The molecule has 0 bridgehead atoms. The number of ether oxygens (including phenoxy) is 2. The van der Waals surface area contributed by atoms with E-state index in [0.717, 1.165) is 16.7 Å². The van der Waals surface area contributed by atoms with Crippen LogP contribution in [0.5, 0.6) is 5.75 Å². The molecule has 4 rings (SSSR count). The van der Waals surface area contributed by atoms with Crippen LogP contribution < -0.4 is 4.74 Å². The van der Waals surface area contributed by atoms with E-state index in [1.807, 2.05) is 48.5 Å². The number of hydrogen-bond donors (Lipinski definition) is 1. The first-order valence-electron chi connectivity index (χ1n) is 11.0. The molecule has 1 amide bonds. The van der Waals surface area contributed by atoms with Gasteiger partial charge in [-0.05, 0) is 34.9 Å². The van der Waals surface area contributed by atoms with E-state index in [1.165, 1.54) is 0 Å². The molecule has 1 N–H and O–H groups in total. The first-order chi connectivity index (χ1) is 16.3. The Morgan fingerprint density at radius 1 is 1.03 bits per heavy atom. The van der Waals surface area contributed by atoms with Crippen LogP contribution in [0.25, 0.3) is 0 Å². The van der Waals surface area contributed by atoms with Crippen molar-refractivity contribution in [3.05, 3.63) is 100 Å². The lowest BCUT2D eigenvalue weighted by Crippen LogP contribution is -2.48. The Morgan fingerprint density at radius 3 is 2.47 bits per heavy atom. The van der Waals surface area contributed by atoms with E-state index in [4.69, 9.17) is 26.2 Å². The summed E-state index contributed by atoms with van der Waals surface area (Å²) in [4.78, 5) is 26.3. The van der Waals surface area contributed by atoms with Crippen LogP contribution in [-0.2, 0) is 21.6 Å². The van der Waals surface area contributed by atoms with Gasteiger partial charge < -0.3 is 14.6 Å². The molecule has 0 fully saturated rings. The zero-order valence-electron chi connectivity index (χ0n) is 19.0. The van der Waals surface area contributed by atoms with Gasteiger partial charge in [0.15, 0.2) is 6.61 Å². The topological polar surface area (TPSA) is 76.1 Å². The van der Waals surface area contributed by atoms with E-state index in [2.05, 4.69) is 19.9 Å². The Hall–Kier alpha value is -3.51. The molecule has 176 valence electrons. The van der Waals surface area contributed by atoms with E-state index in [1.54, 1.807) is 23.1 Å². The Kier molecular flexibility index (Phi) is 6.80. The summed E-state index contributed by atoms with van der Waals surface area (Å²) in [5.74, 6) is -0.739. The lowest BCUT2D eigenvalue weighted by molar-refractivity contribution is -0.139. The lowest BCUT2D eigenvalue weighted by Gasteiger charge is -2.45. The second kappa shape index (κ2) is 9.77. The number of benzene rings is 3. The number of nitrogens with zero attached hydrogens (tertiary/aromatic N) is 1. The molecule has 1 aliphatic rings. The molecule has 6 nitrogen and oxygen atoms in total. The molecule has 34 heavy (non-hydrogen) atoms. The fraction of sp³-hybridized carbons (Fsp3) is 0.259. The molecule has 1 heterocycles. The standard InChI is InChI=1S/C27H26ClNO5/c1-27(2)17-29(26(32)34-15-18-8-4-3-5-9-18)25(20-10-6-7-11-22(20)27)21-14-19(28)12-13-23(21)33-16-24(30)31/h3-14,25H,15-17H2,1-2H3,(H,30,31). The SMILES string of the molecule is CC1(C)CN(C(=O)OCc2ccccc2)C(c2cc(Cl)ccc2OCC(=O)O)c2ccccc21. The Bertz CT molecular complexity index is 1190. The Labute approximate surface area is 203 Å². The second-order valence-electron chi connectivity index (χ2n) is 8.91. The number of halogens is 1. The zero-order valence-corrected chi connectivity index (χ0v) is 19.8. The van der Waals surface area contributed by atoms with Crippen LogP contribution in [0.1, 0.15) is 42.1 Å². The van der Waals surface area contributed by atoms with Gasteiger partial charge in [-0.1, -0.05) is 80.0 Å². The molecule has 3 aromatic carbocycles. The van der Waals surface area contributed by atoms with Crippen molar-refractivity contribution in [3.63, 3.8) is 0 Å². The maximum absolute atomic E-state index is 13.5. The number of rotatable bonds is 6. The highest BCUT2D eigenvalue weighted by Gasteiger charge is 2.42. The average Bonchev–Trinajstić information content (AvgIpc) is 2.82. The third-order valence-corrected chi connectivity index (χ3v) is 6.15. The van der Waals surface area contributed by atoms with E-state index >= 15 is 0 Å². The molecule has 1 unspecified atom stereocenters. The van der Waals surface area contributed by atoms with Gasteiger partial charge in [0.25, 0.3) is 0 Å². The molecule has 1 atom stereocenters. The highest BCUT2D eigenvalue weighted by atomic mass is 35.5. The van der Waals surface area contributed by atoms with E-state index in [9.17, 15) is 9.59 Å². The minimum atomic E-state index is -1.09. The summed E-state index contributed by atoms with van der Waals surface area (Å²) >= 11 is 6.34. The molecule has 0 aromatic heterocycles. The van der Waals surface area contributed by atoms with Gasteiger partial charge in [-0.15, -0.1) is 0 Å². The normalized spacial score (nSPS) is 16.4. The van der Waals surface area contributed by atoms with Crippen LogP contribution in [0.4, 0.5) is 4.79 Å². The van der Waals surface area contributed by atoms with Crippen LogP contribution in [0, 0.1) is 0 Å². The highest BCUT2D eigenvalue weighted by Crippen LogP contribution is 2.45. The van der Waals surface area contributed by atoms with Crippen LogP contribution >= 0.6 is 11.6 Å². The van der Waals surface area contributed by atoms with Gasteiger partial charge >= 0.3 is 12.1 Å². The van der Waals surface area contributed by atoms with Crippen molar-refractivity contribution >= 4 is 23.7 Å². The molecule has 0 radical (unpaired) electrons. The molecule has 0 aliphatic carbocycles. The van der Waals surface area contributed by atoms with Crippen molar-refractivity contribution in [1.82, 2.24) is 4.90 Å². The fourth-order valence-corrected chi connectivity index (χ4v) is 4.61. The first kappa shape index (κ1) is 23.6. The second-order valence-corrected chi connectivity index (χ2v) is 9.34. The number of hydrogen-bond acceptors (Lipinski definition) is 4. The van der Waals surface area contributed by atoms with Gasteiger partial charge in [-0.25, -0.2) is 9.59 Å². The fourth-order valence-electron chi connectivity index (χ4n) is 4.43. The number of carbonyl (C=O) groups excluding carboxylic acids is 1. The van der Waals surface area contributed by atoms with Gasteiger partial charge in [0.1, 0.15) is 12.4 Å². The van der Waals surface area contributed by atoms with Gasteiger partial charge in [-0.3, -0.25) is 4.90 Å². The van der Waals surface area contributed by atoms with E-state index in [0.29, 0.717) is 22.9 Å². The molecule has 0 saturated heterocycles. The van der Waals surface area contributed by atoms with Crippen molar-refractivity contribution in [1.29, 1.82) is 0 Å². The highest BCUT2D eigenvalue weighted by molar-refractivity contribution is 6.30. The number of carbonyl (C=O) groups is 2. The van der Waals surface area contributed by atoms with Gasteiger partial charge in [0.2, 0.25) is 0 Å². The predicted octanol–water partition coefficient (Wildman–Crippen LogP) is 5.82. The van der Waals surface area contributed by atoms with Crippen LogP contribution in [0.3, 0.4) is 0 Å². The summed E-state index contributed by atoms with van der Waals surface area (Å²) in [6, 6.07) is 21.8. The Balaban J connectivity index is 1.77. The van der Waals surface area contributed by atoms with Crippen molar-refractivity contribution in [2.75, 3.05) is 13.2 Å². The average molecular weight is 480 g/mol. The van der Waals surface area contributed by atoms with Crippen LogP contribution in [0.15, 0.2) is 72.8 Å². The smallest absolute Gasteiger partial charge is 0.410 e. The summed E-state index contributed by atoms with van der Waals surface area (Å²) in [5.41, 5.74) is 3.17. The maximum atomic E-state index is 13.5. The largest absolute Gasteiger partial charge is 0.482 e. The number of aliphatic carboxylic acids is 1. The first-order valence-corrected chi connectivity index (χ1v) is 11.3. The van der Waals surface area contributed by atoms with E-state index < -0.39 is 24.7 Å². The number of fused-ring (bicyclic) bond motifs is 1. The molecule has 7 heteroatoms. The third-order valence-electron chi connectivity index (χ3n) is 5.92. The molecular formula is C27H26ClNO5. The predicted molar refractivity (Wildman–Crippen MR) is 129 cm³/mol. The summed E-state index contributed by atoms with van der Waals surface area (Å²) in [6.07, 6.45) is -0.472. The van der Waals surface area contributed by atoms with Crippen molar-refractivity contribution in [2.24, 2.45) is 0 Å².